The second kappa shape index (κ2) is 7.08. The molecule has 1 atom stereocenters. The number of fused-ring (bicyclic) bond motifs is 1. The molecular formula is C17H16N4O4. The van der Waals surface area contributed by atoms with E-state index in [0.717, 1.165) is 0 Å². The van der Waals surface area contributed by atoms with Gasteiger partial charge < -0.3 is 14.6 Å². The third kappa shape index (κ3) is 3.63. The average molecular weight is 340 g/mol. The lowest BCUT2D eigenvalue weighted by molar-refractivity contribution is -0.124. The standard InChI is InChI=1S/C17H16N4O4/c1-3-13(16(22)20-14-9-10(2)25-21-14)24-17(23)11-5-4-6-12-15(11)19-8-7-18-12/h4-9,13H,3H2,1-2H3,(H,20,21,22). The number of nitrogens with zero attached hydrogens (tertiary/aromatic N) is 3. The number of para-hydroxylation sites is 1. The van der Waals surface area contributed by atoms with E-state index in [2.05, 4.69) is 20.4 Å². The maximum absolute atomic E-state index is 12.5. The van der Waals surface area contributed by atoms with Crippen molar-refractivity contribution in [2.45, 2.75) is 26.4 Å². The lowest BCUT2D eigenvalue weighted by Crippen LogP contribution is -2.32. The molecule has 3 rings (SSSR count). The zero-order valence-corrected chi connectivity index (χ0v) is 13.7. The number of rotatable bonds is 5. The molecule has 0 bridgehead atoms. The molecule has 1 aromatic carbocycles. The molecule has 8 nitrogen and oxygen atoms in total. The van der Waals surface area contributed by atoms with Crippen LogP contribution >= 0.6 is 0 Å². The number of anilines is 1. The highest BCUT2D eigenvalue weighted by molar-refractivity contribution is 6.03. The van der Waals surface area contributed by atoms with Crippen LogP contribution in [0.15, 0.2) is 41.2 Å². The topological polar surface area (TPSA) is 107 Å². The summed E-state index contributed by atoms with van der Waals surface area (Å²) in [6.45, 7) is 3.45. The number of carbonyl (C=O) groups excluding carboxylic acids is 2. The molecule has 0 spiro atoms. The first-order valence-electron chi connectivity index (χ1n) is 7.73. The minimum absolute atomic E-state index is 0.258. The van der Waals surface area contributed by atoms with Crippen LogP contribution in [0, 0.1) is 6.92 Å². The van der Waals surface area contributed by atoms with Gasteiger partial charge in [-0.1, -0.05) is 18.1 Å². The number of amides is 1. The summed E-state index contributed by atoms with van der Waals surface area (Å²) in [5.41, 5.74) is 1.26. The molecule has 0 aliphatic carbocycles. The highest BCUT2D eigenvalue weighted by Gasteiger charge is 2.24. The Morgan fingerprint density at radius 3 is 2.80 bits per heavy atom. The molecule has 0 saturated carbocycles. The smallest absolute Gasteiger partial charge is 0.341 e. The maximum atomic E-state index is 12.5. The fourth-order valence-electron chi connectivity index (χ4n) is 2.30. The molecule has 0 saturated heterocycles. The average Bonchev–Trinajstić information content (AvgIpc) is 3.03. The van der Waals surface area contributed by atoms with Crippen LogP contribution in [0.4, 0.5) is 5.82 Å². The van der Waals surface area contributed by atoms with Gasteiger partial charge in [0.1, 0.15) is 11.3 Å². The Hall–Kier alpha value is -3.29. The zero-order chi connectivity index (χ0) is 17.8. The number of carbonyl (C=O) groups is 2. The van der Waals surface area contributed by atoms with Crippen molar-refractivity contribution in [3.05, 3.63) is 48.0 Å². The highest BCUT2D eigenvalue weighted by Crippen LogP contribution is 2.17. The van der Waals surface area contributed by atoms with Crippen molar-refractivity contribution in [2.75, 3.05) is 5.32 Å². The molecule has 0 fully saturated rings. The van der Waals surface area contributed by atoms with Gasteiger partial charge in [0.25, 0.3) is 5.91 Å². The second-order valence-electron chi connectivity index (χ2n) is 5.34. The molecule has 2 aromatic heterocycles. The molecule has 1 unspecified atom stereocenters. The van der Waals surface area contributed by atoms with Gasteiger partial charge in [0, 0.05) is 18.5 Å². The van der Waals surface area contributed by atoms with Gasteiger partial charge >= 0.3 is 5.97 Å². The Kier molecular flexibility index (Phi) is 4.69. The molecule has 1 N–H and O–H groups in total. The van der Waals surface area contributed by atoms with Gasteiger partial charge in [-0.15, -0.1) is 0 Å². The molecule has 3 aromatic rings. The van der Waals surface area contributed by atoms with E-state index in [9.17, 15) is 9.59 Å². The first kappa shape index (κ1) is 16.6. The first-order chi connectivity index (χ1) is 12.1. The zero-order valence-electron chi connectivity index (χ0n) is 13.7. The van der Waals surface area contributed by atoms with Crippen molar-refractivity contribution in [3.8, 4) is 0 Å². The summed E-state index contributed by atoms with van der Waals surface area (Å²) < 4.78 is 10.2. The highest BCUT2D eigenvalue weighted by atomic mass is 16.5. The van der Waals surface area contributed by atoms with Crippen LogP contribution in [-0.2, 0) is 9.53 Å². The largest absolute Gasteiger partial charge is 0.449 e. The summed E-state index contributed by atoms with van der Waals surface area (Å²) in [6, 6.07) is 6.60. The summed E-state index contributed by atoms with van der Waals surface area (Å²) in [7, 11) is 0. The van der Waals surface area contributed by atoms with Crippen LogP contribution in [0.2, 0.25) is 0 Å². The minimum Gasteiger partial charge on any atom is -0.449 e. The van der Waals surface area contributed by atoms with Gasteiger partial charge in [-0.25, -0.2) is 4.79 Å². The van der Waals surface area contributed by atoms with Crippen LogP contribution in [0.25, 0.3) is 11.0 Å². The number of hydrogen-bond donors (Lipinski definition) is 1. The predicted octanol–water partition coefficient (Wildman–Crippen LogP) is 2.50. The molecule has 0 aliphatic heterocycles. The predicted molar refractivity (Wildman–Crippen MR) is 88.9 cm³/mol. The summed E-state index contributed by atoms with van der Waals surface area (Å²) >= 11 is 0. The Morgan fingerprint density at radius 1 is 1.28 bits per heavy atom. The van der Waals surface area contributed by atoms with Crippen LogP contribution in [0.5, 0.6) is 0 Å². The van der Waals surface area contributed by atoms with E-state index in [1.807, 2.05) is 0 Å². The summed E-state index contributed by atoms with van der Waals surface area (Å²) in [4.78, 5) is 33.1. The number of nitrogens with one attached hydrogen (secondary N) is 1. The second-order valence-corrected chi connectivity index (χ2v) is 5.34. The molecule has 2 heterocycles. The van der Waals surface area contributed by atoms with E-state index in [-0.39, 0.29) is 11.4 Å². The maximum Gasteiger partial charge on any atom is 0.341 e. The number of aryl methyl sites for hydroxylation is 1. The third-order valence-corrected chi connectivity index (χ3v) is 3.51. The van der Waals surface area contributed by atoms with Crippen molar-refractivity contribution >= 4 is 28.7 Å². The van der Waals surface area contributed by atoms with Gasteiger partial charge in [-0.3, -0.25) is 14.8 Å². The van der Waals surface area contributed by atoms with Crippen LogP contribution < -0.4 is 5.32 Å². The van der Waals surface area contributed by atoms with Crippen LogP contribution in [0.1, 0.15) is 29.5 Å². The SMILES string of the molecule is CCC(OC(=O)c1cccc2nccnc12)C(=O)Nc1cc(C)on1. The Balaban J connectivity index is 1.76. The Morgan fingerprint density at radius 2 is 2.08 bits per heavy atom. The number of aromatic nitrogens is 3. The van der Waals surface area contributed by atoms with Gasteiger partial charge in [-0.2, -0.15) is 0 Å². The summed E-state index contributed by atoms with van der Waals surface area (Å²) in [5, 5.41) is 6.24. The molecule has 128 valence electrons. The number of hydrogen-bond acceptors (Lipinski definition) is 7. The van der Waals surface area contributed by atoms with Gasteiger partial charge in [-0.05, 0) is 25.5 Å². The van der Waals surface area contributed by atoms with E-state index >= 15 is 0 Å². The van der Waals surface area contributed by atoms with Crippen molar-refractivity contribution in [1.29, 1.82) is 0 Å². The van der Waals surface area contributed by atoms with E-state index in [1.165, 1.54) is 6.20 Å². The summed E-state index contributed by atoms with van der Waals surface area (Å²) in [6.07, 6.45) is 2.39. The Labute approximate surface area is 143 Å². The monoisotopic (exact) mass is 340 g/mol. The molecule has 8 heteroatoms. The molecule has 0 aliphatic rings. The number of esters is 1. The third-order valence-electron chi connectivity index (χ3n) is 3.51. The molecular weight excluding hydrogens is 324 g/mol. The van der Waals surface area contributed by atoms with Crippen molar-refractivity contribution < 1.29 is 18.8 Å². The fourth-order valence-corrected chi connectivity index (χ4v) is 2.30. The van der Waals surface area contributed by atoms with E-state index in [1.54, 1.807) is 44.3 Å². The van der Waals surface area contributed by atoms with E-state index < -0.39 is 18.0 Å². The van der Waals surface area contributed by atoms with E-state index in [4.69, 9.17) is 9.26 Å². The lowest BCUT2D eigenvalue weighted by atomic mass is 10.1. The minimum atomic E-state index is -0.962. The van der Waals surface area contributed by atoms with E-state index in [0.29, 0.717) is 23.2 Å². The first-order valence-corrected chi connectivity index (χ1v) is 7.73. The van der Waals surface area contributed by atoms with Crippen LogP contribution in [0.3, 0.4) is 0 Å². The normalized spacial score (nSPS) is 11.9. The van der Waals surface area contributed by atoms with Gasteiger partial charge in [0.15, 0.2) is 11.9 Å². The number of ether oxygens (including phenoxy) is 1. The molecule has 0 radical (unpaired) electrons. The lowest BCUT2D eigenvalue weighted by Gasteiger charge is -2.15. The van der Waals surface area contributed by atoms with Crippen molar-refractivity contribution in [1.82, 2.24) is 15.1 Å². The summed E-state index contributed by atoms with van der Waals surface area (Å²) in [5.74, 6) is -0.275. The molecule has 25 heavy (non-hydrogen) atoms. The van der Waals surface area contributed by atoms with Gasteiger partial charge in [0.05, 0.1) is 11.1 Å². The number of benzene rings is 1. The quantitative estimate of drug-likeness (QED) is 0.711. The molecule has 1 amide bonds. The van der Waals surface area contributed by atoms with Gasteiger partial charge in [0.2, 0.25) is 0 Å². The van der Waals surface area contributed by atoms with Crippen LogP contribution in [-0.4, -0.2) is 33.1 Å². The van der Waals surface area contributed by atoms with Crippen molar-refractivity contribution in [2.24, 2.45) is 0 Å². The Bertz CT molecular complexity index is 916. The van der Waals surface area contributed by atoms with Crippen molar-refractivity contribution in [3.63, 3.8) is 0 Å². The fraction of sp³-hybridized carbons (Fsp3) is 0.235.